The maximum absolute atomic E-state index is 13.3. The van der Waals surface area contributed by atoms with E-state index in [2.05, 4.69) is 42.7 Å². The minimum absolute atomic E-state index is 0.0871. The molecule has 5 heteroatoms. The second-order valence-corrected chi connectivity index (χ2v) is 7.37. The van der Waals surface area contributed by atoms with Crippen molar-refractivity contribution in [3.63, 3.8) is 0 Å². The predicted octanol–water partition coefficient (Wildman–Crippen LogP) is 3.38. The van der Waals surface area contributed by atoms with Crippen molar-refractivity contribution in [1.82, 2.24) is 9.47 Å². The Morgan fingerprint density at radius 2 is 1.58 bits per heavy atom. The zero-order valence-electron chi connectivity index (χ0n) is 15.7. The number of hydrogen-bond acceptors (Lipinski definition) is 3. The fourth-order valence-electron chi connectivity index (χ4n) is 4.07. The molecule has 26 heavy (non-hydrogen) atoms. The van der Waals surface area contributed by atoms with E-state index in [-0.39, 0.29) is 5.91 Å². The number of piperidine rings is 1. The summed E-state index contributed by atoms with van der Waals surface area (Å²) in [7, 11) is 0. The molecule has 2 saturated heterocycles. The normalized spacial score (nSPS) is 19.3. The highest BCUT2D eigenvalue weighted by atomic mass is 16.7. The van der Waals surface area contributed by atoms with Gasteiger partial charge >= 0.3 is 0 Å². The van der Waals surface area contributed by atoms with Crippen molar-refractivity contribution < 1.29 is 14.3 Å². The van der Waals surface area contributed by atoms with Crippen molar-refractivity contribution in [1.29, 1.82) is 0 Å². The molecule has 0 atom stereocenters. The SMILES string of the molecule is Cc1ccc(-n2c(C)ccc2C)c(C(=O)N2CCC3(CC2)OCCO3)c1. The molecule has 0 bridgehead atoms. The molecule has 0 radical (unpaired) electrons. The zero-order chi connectivity index (χ0) is 18.3. The van der Waals surface area contributed by atoms with Crippen LogP contribution in [0.3, 0.4) is 0 Å². The number of likely N-dealkylation sites (tertiary alicyclic amines) is 1. The molecular weight excluding hydrogens is 328 g/mol. The lowest BCUT2D eigenvalue weighted by Crippen LogP contribution is -2.47. The Morgan fingerprint density at radius 1 is 0.962 bits per heavy atom. The largest absolute Gasteiger partial charge is 0.347 e. The molecule has 1 amide bonds. The lowest BCUT2D eigenvalue weighted by atomic mass is 10.0. The highest BCUT2D eigenvalue weighted by Crippen LogP contribution is 2.32. The average Bonchev–Trinajstić information content (AvgIpc) is 3.22. The topological polar surface area (TPSA) is 43.7 Å². The molecule has 0 aliphatic carbocycles. The molecule has 1 aromatic carbocycles. The van der Waals surface area contributed by atoms with Gasteiger partial charge in [0, 0.05) is 37.3 Å². The van der Waals surface area contributed by atoms with Gasteiger partial charge in [-0.15, -0.1) is 0 Å². The Kier molecular flexibility index (Phi) is 4.37. The minimum Gasteiger partial charge on any atom is -0.347 e. The summed E-state index contributed by atoms with van der Waals surface area (Å²) in [6.45, 7) is 8.80. The van der Waals surface area contributed by atoms with Gasteiger partial charge in [-0.1, -0.05) is 11.6 Å². The number of aryl methyl sites for hydroxylation is 3. The van der Waals surface area contributed by atoms with E-state index in [1.165, 1.54) is 0 Å². The molecule has 0 saturated carbocycles. The van der Waals surface area contributed by atoms with Gasteiger partial charge in [-0.3, -0.25) is 4.79 Å². The third-order valence-electron chi connectivity index (χ3n) is 5.52. The fraction of sp³-hybridized carbons (Fsp3) is 0.476. The van der Waals surface area contributed by atoms with Gasteiger partial charge < -0.3 is 18.9 Å². The molecule has 2 fully saturated rings. The van der Waals surface area contributed by atoms with Gasteiger partial charge in [-0.25, -0.2) is 0 Å². The number of carbonyl (C=O) groups is 1. The number of amides is 1. The second kappa shape index (κ2) is 6.56. The lowest BCUT2D eigenvalue weighted by Gasteiger charge is -2.37. The maximum Gasteiger partial charge on any atom is 0.255 e. The van der Waals surface area contributed by atoms with Crippen LogP contribution in [0.5, 0.6) is 0 Å². The average molecular weight is 354 g/mol. The van der Waals surface area contributed by atoms with Gasteiger partial charge in [0.1, 0.15) is 0 Å². The van der Waals surface area contributed by atoms with Gasteiger partial charge in [-0.05, 0) is 45.0 Å². The molecule has 2 aliphatic rings. The van der Waals surface area contributed by atoms with Crippen LogP contribution in [0.4, 0.5) is 0 Å². The Bertz CT molecular complexity index is 804. The van der Waals surface area contributed by atoms with Gasteiger partial charge in [-0.2, -0.15) is 0 Å². The summed E-state index contributed by atoms with van der Waals surface area (Å²) in [6.07, 6.45) is 1.48. The molecule has 4 rings (SSSR count). The van der Waals surface area contributed by atoms with Gasteiger partial charge in [0.2, 0.25) is 0 Å². The Morgan fingerprint density at radius 3 is 2.19 bits per heavy atom. The van der Waals surface area contributed by atoms with Crippen molar-refractivity contribution in [2.24, 2.45) is 0 Å². The number of rotatable bonds is 2. The van der Waals surface area contributed by atoms with E-state index in [1.807, 2.05) is 17.9 Å². The first-order valence-electron chi connectivity index (χ1n) is 9.32. The standard InChI is InChI=1S/C21H26N2O3/c1-15-4-7-19(23-16(2)5-6-17(23)3)18(14-15)20(24)22-10-8-21(9-11-22)25-12-13-26-21/h4-7,14H,8-13H2,1-3H3. The maximum atomic E-state index is 13.3. The molecule has 0 N–H and O–H groups in total. The van der Waals surface area contributed by atoms with E-state index < -0.39 is 5.79 Å². The molecule has 2 aromatic rings. The van der Waals surface area contributed by atoms with Crippen molar-refractivity contribution in [2.45, 2.75) is 39.4 Å². The monoisotopic (exact) mass is 354 g/mol. The van der Waals surface area contributed by atoms with Gasteiger partial charge in [0.25, 0.3) is 5.91 Å². The zero-order valence-corrected chi connectivity index (χ0v) is 15.7. The molecule has 0 unspecified atom stereocenters. The molecule has 1 aromatic heterocycles. The molecule has 3 heterocycles. The van der Waals surface area contributed by atoms with E-state index >= 15 is 0 Å². The van der Waals surface area contributed by atoms with Crippen molar-refractivity contribution in [3.05, 3.63) is 52.8 Å². The number of carbonyl (C=O) groups excluding carboxylic acids is 1. The molecule has 5 nitrogen and oxygen atoms in total. The van der Waals surface area contributed by atoms with Gasteiger partial charge in [0.05, 0.1) is 24.5 Å². The first-order chi connectivity index (χ1) is 12.5. The highest BCUT2D eigenvalue weighted by Gasteiger charge is 2.41. The molecule has 138 valence electrons. The highest BCUT2D eigenvalue weighted by molar-refractivity contribution is 5.98. The van der Waals surface area contributed by atoms with Crippen LogP contribution in [-0.2, 0) is 9.47 Å². The Labute approximate surface area is 154 Å². The van der Waals surface area contributed by atoms with Crippen LogP contribution >= 0.6 is 0 Å². The second-order valence-electron chi connectivity index (χ2n) is 7.37. The summed E-state index contributed by atoms with van der Waals surface area (Å²) in [5.74, 6) is -0.371. The lowest BCUT2D eigenvalue weighted by molar-refractivity contribution is -0.181. The predicted molar refractivity (Wildman–Crippen MR) is 99.8 cm³/mol. The summed E-state index contributed by atoms with van der Waals surface area (Å²) in [6, 6.07) is 10.3. The Hall–Kier alpha value is -2.11. The summed E-state index contributed by atoms with van der Waals surface area (Å²) < 4.78 is 13.7. The summed E-state index contributed by atoms with van der Waals surface area (Å²) in [5.41, 5.74) is 5.07. The number of hydrogen-bond donors (Lipinski definition) is 0. The van der Waals surface area contributed by atoms with Crippen LogP contribution in [0, 0.1) is 20.8 Å². The van der Waals surface area contributed by atoms with E-state index in [4.69, 9.17) is 9.47 Å². The van der Waals surface area contributed by atoms with E-state index in [0.717, 1.165) is 41.0 Å². The smallest absolute Gasteiger partial charge is 0.255 e. The van der Waals surface area contributed by atoms with Crippen LogP contribution < -0.4 is 0 Å². The van der Waals surface area contributed by atoms with E-state index in [9.17, 15) is 4.79 Å². The van der Waals surface area contributed by atoms with Crippen molar-refractivity contribution >= 4 is 5.91 Å². The van der Waals surface area contributed by atoms with Crippen LogP contribution in [0.25, 0.3) is 5.69 Å². The minimum atomic E-state index is -0.459. The van der Waals surface area contributed by atoms with Crippen LogP contribution in [-0.4, -0.2) is 47.5 Å². The molecule has 1 spiro atoms. The number of aromatic nitrogens is 1. The quantitative estimate of drug-likeness (QED) is 0.830. The molecular formula is C21H26N2O3. The fourth-order valence-corrected chi connectivity index (χ4v) is 4.07. The van der Waals surface area contributed by atoms with Crippen LogP contribution in [0.2, 0.25) is 0 Å². The first-order valence-corrected chi connectivity index (χ1v) is 9.32. The number of benzene rings is 1. The summed E-state index contributed by atoms with van der Waals surface area (Å²) in [5, 5.41) is 0. The summed E-state index contributed by atoms with van der Waals surface area (Å²) in [4.78, 5) is 15.3. The first kappa shape index (κ1) is 17.3. The third-order valence-corrected chi connectivity index (χ3v) is 5.52. The summed E-state index contributed by atoms with van der Waals surface area (Å²) >= 11 is 0. The van der Waals surface area contributed by atoms with E-state index in [0.29, 0.717) is 26.3 Å². The number of nitrogens with zero attached hydrogens (tertiary/aromatic N) is 2. The van der Waals surface area contributed by atoms with Crippen LogP contribution in [0.15, 0.2) is 30.3 Å². The Balaban J connectivity index is 1.63. The molecule has 2 aliphatic heterocycles. The number of ether oxygens (including phenoxy) is 2. The van der Waals surface area contributed by atoms with Crippen molar-refractivity contribution in [3.8, 4) is 5.69 Å². The third kappa shape index (κ3) is 2.95. The van der Waals surface area contributed by atoms with Gasteiger partial charge in [0.15, 0.2) is 5.79 Å². The van der Waals surface area contributed by atoms with Crippen molar-refractivity contribution in [2.75, 3.05) is 26.3 Å². The van der Waals surface area contributed by atoms with E-state index in [1.54, 1.807) is 0 Å². The van der Waals surface area contributed by atoms with Crippen LogP contribution in [0.1, 0.15) is 40.2 Å².